The molecule has 0 atom stereocenters. The SMILES string of the molecule is COc1cccc(Oc2ccc(Cl)cc2NS(=O)(=O)c2ccc3c(c2)sc(=O)n3C)c1. The van der Waals surface area contributed by atoms with Gasteiger partial charge in [-0.05, 0) is 48.5 Å². The molecular formula is C21H17ClN2O5S2. The molecule has 1 N–H and O–H groups in total. The number of aromatic nitrogens is 1. The molecule has 4 rings (SSSR count). The molecule has 7 nitrogen and oxygen atoms in total. The molecule has 0 unspecified atom stereocenters. The lowest BCUT2D eigenvalue weighted by Gasteiger charge is -2.14. The largest absolute Gasteiger partial charge is 0.497 e. The molecule has 0 spiro atoms. The normalized spacial score (nSPS) is 11.5. The molecule has 10 heteroatoms. The zero-order chi connectivity index (χ0) is 22.2. The second kappa shape index (κ2) is 8.26. The van der Waals surface area contributed by atoms with Gasteiger partial charge in [-0.25, -0.2) is 8.42 Å². The van der Waals surface area contributed by atoms with Crippen molar-refractivity contribution in [3.8, 4) is 17.2 Å². The Kier molecular flexibility index (Phi) is 5.65. The fourth-order valence-electron chi connectivity index (χ4n) is 2.95. The van der Waals surface area contributed by atoms with E-state index in [2.05, 4.69) is 4.72 Å². The Morgan fingerprint density at radius 3 is 2.58 bits per heavy atom. The Bertz CT molecular complexity index is 1440. The molecule has 0 saturated carbocycles. The van der Waals surface area contributed by atoms with Gasteiger partial charge in [-0.15, -0.1) is 0 Å². The third kappa shape index (κ3) is 4.39. The van der Waals surface area contributed by atoms with Crippen molar-refractivity contribution < 1.29 is 17.9 Å². The minimum atomic E-state index is -3.97. The number of thiazole rings is 1. The predicted molar refractivity (Wildman–Crippen MR) is 122 cm³/mol. The van der Waals surface area contributed by atoms with Crippen molar-refractivity contribution in [2.75, 3.05) is 11.8 Å². The lowest BCUT2D eigenvalue weighted by molar-refractivity contribution is 0.409. The first-order valence-electron chi connectivity index (χ1n) is 9.01. The molecule has 0 fully saturated rings. The topological polar surface area (TPSA) is 86.6 Å². The van der Waals surface area contributed by atoms with Crippen LogP contribution >= 0.6 is 22.9 Å². The van der Waals surface area contributed by atoms with Crippen molar-refractivity contribution in [1.82, 2.24) is 4.57 Å². The average Bonchev–Trinajstić information content (AvgIpc) is 3.03. The number of benzene rings is 3. The quantitative estimate of drug-likeness (QED) is 0.429. The van der Waals surface area contributed by atoms with Gasteiger partial charge in [0.25, 0.3) is 10.0 Å². The maximum absolute atomic E-state index is 13.0. The molecule has 1 aromatic heterocycles. The second-order valence-electron chi connectivity index (χ2n) is 6.58. The van der Waals surface area contributed by atoms with E-state index in [4.69, 9.17) is 21.1 Å². The highest BCUT2D eigenvalue weighted by atomic mass is 35.5. The summed E-state index contributed by atoms with van der Waals surface area (Å²) in [6.07, 6.45) is 0. The molecule has 0 aliphatic carbocycles. The number of anilines is 1. The smallest absolute Gasteiger partial charge is 0.307 e. The Labute approximate surface area is 187 Å². The average molecular weight is 477 g/mol. The van der Waals surface area contributed by atoms with Crippen LogP contribution in [-0.2, 0) is 17.1 Å². The van der Waals surface area contributed by atoms with E-state index >= 15 is 0 Å². The number of rotatable bonds is 6. The summed E-state index contributed by atoms with van der Waals surface area (Å²) >= 11 is 7.08. The van der Waals surface area contributed by atoms with Gasteiger partial charge in [-0.1, -0.05) is 29.0 Å². The minimum Gasteiger partial charge on any atom is -0.497 e. The van der Waals surface area contributed by atoms with Crippen LogP contribution in [0.15, 0.2) is 70.4 Å². The molecule has 0 amide bonds. The van der Waals surface area contributed by atoms with E-state index in [-0.39, 0.29) is 21.2 Å². The van der Waals surface area contributed by atoms with Crippen molar-refractivity contribution >= 4 is 48.9 Å². The first-order valence-corrected chi connectivity index (χ1v) is 11.7. The number of fused-ring (bicyclic) bond motifs is 1. The van der Waals surface area contributed by atoms with Gasteiger partial charge in [0, 0.05) is 18.1 Å². The van der Waals surface area contributed by atoms with Crippen molar-refractivity contribution in [2.24, 2.45) is 7.05 Å². The fourth-order valence-corrected chi connectivity index (χ4v) is 5.20. The first-order chi connectivity index (χ1) is 14.8. The van der Waals surface area contributed by atoms with Gasteiger partial charge >= 0.3 is 4.87 Å². The summed E-state index contributed by atoms with van der Waals surface area (Å²) in [6.45, 7) is 0. The van der Waals surface area contributed by atoms with Crippen molar-refractivity contribution in [2.45, 2.75) is 4.90 Å². The van der Waals surface area contributed by atoms with Crippen molar-refractivity contribution in [3.63, 3.8) is 0 Å². The molecule has 160 valence electrons. The number of aryl methyl sites for hydroxylation is 1. The minimum absolute atomic E-state index is 0.0224. The molecule has 3 aromatic carbocycles. The van der Waals surface area contributed by atoms with Gasteiger partial charge in [0.15, 0.2) is 5.75 Å². The molecule has 0 bridgehead atoms. The number of nitrogens with one attached hydrogen (secondary N) is 1. The maximum Gasteiger partial charge on any atom is 0.307 e. The van der Waals surface area contributed by atoms with E-state index in [9.17, 15) is 13.2 Å². The van der Waals surface area contributed by atoms with Crippen LogP contribution in [0.3, 0.4) is 0 Å². The third-order valence-electron chi connectivity index (χ3n) is 4.53. The second-order valence-corrected chi connectivity index (χ2v) is 9.70. The van der Waals surface area contributed by atoms with Crippen LogP contribution in [0.4, 0.5) is 5.69 Å². The lowest BCUT2D eigenvalue weighted by Crippen LogP contribution is -2.13. The molecule has 31 heavy (non-hydrogen) atoms. The highest BCUT2D eigenvalue weighted by Crippen LogP contribution is 2.35. The Balaban J connectivity index is 1.69. The first kappa shape index (κ1) is 21.2. The van der Waals surface area contributed by atoms with E-state index in [0.29, 0.717) is 26.7 Å². The van der Waals surface area contributed by atoms with Gasteiger partial charge in [0.1, 0.15) is 11.5 Å². The van der Waals surface area contributed by atoms with Gasteiger partial charge in [-0.2, -0.15) is 0 Å². The maximum atomic E-state index is 13.0. The molecular weight excluding hydrogens is 460 g/mol. The monoisotopic (exact) mass is 476 g/mol. The lowest BCUT2D eigenvalue weighted by atomic mass is 10.3. The number of hydrogen-bond acceptors (Lipinski definition) is 6. The number of ether oxygens (including phenoxy) is 2. The Morgan fingerprint density at radius 1 is 1.03 bits per heavy atom. The predicted octanol–water partition coefficient (Wildman–Crippen LogP) is 4.86. The van der Waals surface area contributed by atoms with Crippen LogP contribution < -0.4 is 19.1 Å². The fraction of sp³-hybridized carbons (Fsp3) is 0.0952. The van der Waals surface area contributed by atoms with Crippen LogP contribution in [0.2, 0.25) is 5.02 Å². The zero-order valence-corrected chi connectivity index (χ0v) is 18.8. The van der Waals surface area contributed by atoms with Crippen LogP contribution in [0, 0.1) is 0 Å². The van der Waals surface area contributed by atoms with Crippen molar-refractivity contribution in [1.29, 1.82) is 0 Å². The van der Waals surface area contributed by atoms with Crippen molar-refractivity contribution in [3.05, 3.63) is 75.4 Å². The Hall–Kier alpha value is -3.01. The number of methoxy groups -OCH3 is 1. The van der Waals surface area contributed by atoms with E-state index in [1.807, 2.05) is 0 Å². The summed E-state index contributed by atoms with van der Waals surface area (Å²) in [5, 5.41) is 0.340. The molecule has 0 radical (unpaired) electrons. The van der Waals surface area contributed by atoms with E-state index < -0.39 is 10.0 Å². The van der Waals surface area contributed by atoms with Crippen LogP contribution in [0.1, 0.15) is 0 Å². The molecule has 1 heterocycles. The van der Waals surface area contributed by atoms with Gasteiger partial charge in [-0.3, -0.25) is 9.52 Å². The highest BCUT2D eigenvalue weighted by molar-refractivity contribution is 7.92. The summed E-state index contributed by atoms with van der Waals surface area (Å²) in [6, 6.07) is 16.1. The van der Waals surface area contributed by atoms with Crippen LogP contribution in [0.25, 0.3) is 10.2 Å². The van der Waals surface area contributed by atoms with E-state index in [1.54, 1.807) is 56.6 Å². The molecule has 0 aliphatic rings. The van der Waals surface area contributed by atoms with Gasteiger partial charge < -0.3 is 14.0 Å². The van der Waals surface area contributed by atoms with Crippen LogP contribution in [-0.4, -0.2) is 20.1 Å². The summed E-state index contributed by atoms with van der Waals surface area (Å²) in [5.74, 6) is 1.34. The van der Waals surface area contributed by atoms with Crippen LogP contribution in [0.5, 0.6) is 17.2 Å². The van der Waals surface area contributed by atoms with E-state index in [0.717, 1.165) is 11.3 Å². The van der Waals surface area contributed by atoms with E-state index in [1.165, 1.54) is 22.8 Å². The summed E-state index contributed by atoms with van der Waals surface area (Å²) < 4.78 is 41.7. The standard InChI is InChI=1S/C21H17ClN2O5S2/c1-24-18-8-7-16(12-20(18)30-21(24)25)31(26,27)23-17-10-13(22)6-9-19(17)29-15-5-3-4-14(11-15)28-2/h3-12,23H,1-2H3. The Morgan fingerprint density at radius 2 is 1.81 bits per heavy atom. The summed E-state index contributed by atoms with van der Waals surface area (Å²) in [7, 11) is -0.787. The highest BCUT2D eigenvalue weighted by Gasteiger charge is 2.19. The zero-order valence-electron chi connectivity index (χ0n) is 16.5. The molecule has 0 saturated heterocycles. The number of sulfonamides is 1. The number of hydrogen-bond donors (Lipinski definition) is 1. The summed E-state index contributed by atoms with van der Waals surface area (Å²) in [5.41, 5.74) is 0.843. The summed E-state index contributed by atoms with van der Waals surface area (Å²) in [4.78, 5) is 11.7. The third-order valence-corrected chi connectivity index (χ3v) is 7.12. The molecule has 0 aliphatic heterocycles. The molecule has 4 aromatic rings. The number of halogens is 1. The van der Waals surface area contributed by atoms with Gasteiger partial charge in [0.05, 0.1) is 27.9 Å². The number of nitrogens with zero attached hydrogens (tertiary/aromatic N) is 1. The van der Waals surface area contributed by atoms with Gasteiger partial charge in [0.2, 0.25) is 0 Å².